The highest BCUT2D eigenvalue weighted by Gasteiger charge is 2.21. The molecule has 2 aliphatic rings. The second kappa shape index (κ2) is 10.2. The van der Waals surface area contributed by atoms with E-state index in [0.29, 0.717) is 6.73 Å². The van der Waals surface area contributed by atoms with Crippen LogP contribution >= 0.6 is 25.3 Å². The van der Waals surface area contributed by atoms with Gasteiger partial charge < -0.3 is 4.74 Å². The molecule has 0 aromatic heterocycles. The Hall–Kier alpha value is -1.47. The number of benzene rings is 2. The number of nitrogens with zero attached hydrogens (tertiary/aromatic N) is 2. The first-order valence-corrected chi connectivity index (χ1v) is 12.0. The molecule has 0 fully saturated rings. The molecule has 2 aliphatic heterocycles. The van der Waals surface area contributed by atoms with Crippen LogP contribution in [0.4, 0.5) is 0 Å². The van der Waals surface area contributed by atoms with Crippen LogP contribution in [0.15, 0.2) is 36.4 Å². The van der Waals surface area contributed by atoms with E-state index in [1.807, 2.05) is 24.3 Å². The fraction of sp³-hybridized carbons (Fsp3) is 0.458. The first kappa shape index (κ1) is 21.8. The zero-order valence-corrected chi connectivity index (χ0v) is 19.1. The van der Waals surface area contributed by atoms with E-state index in [4.69, 9.17) is 4.74 Å². The van der Waals surface area contributed by atoms with E-state index >= 15 is 0 Å². The predicted molar refractivity (Wildman–Crippen MR) is 128 cm³/mol. The van der Waals surface area contributed by atoms with Gasteiger partial charge in [0.1, 0.15) is 12.5 Å². The molecule has 160 valence electrons. The third kappa shape index (κ3) is 5.05. The molecule has 2 aromatic rings. The summed E-state index contributed by atoms with van der Waals surface area (Å²) in [7, 11) is 0. The van der Waals surface area contributed by atoms with Crippen molar-refractivity contribution in [3.63, 3.8) is 0 Å². The van der Waals surface area contributed by atoms with E-state index in [2.05, 4.69) is 47.2 Å². The summed E-state index contributed by atoms with van der Waals surface area (Å²) >= 11 is 8.63. The van der Waals surface area contributed by atoms with E-state index in [1.54, 1.807) is 0 Å². The van der Waals surface area contributed by atoms with Crippen LogP contribution in [0.25, 0.3) is 0 Å². The zero-order chi connectivity index (χ0) is 20.9. The van der Waals surface area contributed by atoms with Gasteiger partial charge in [0.25, 0.3) is 0 Å². The van der Waals surface area contributed by atoms with Crippen LogP contribution in [-0.2, 0) is 19.5 Å². The van der Waals surface area contributed by atoms with Gasteiger partial charge in [0, 0.05) is 42.9 Å². The maximum atomic E-state index is 13.2. The monoisotopic (exact) mass is 442 g/mol. The summed E-state index contributed by atoms with van der Waals surface area (Å²) in [5.41, 5.74) is 5.24. The molecule has 2 aromatic carbocycles. The highest BCUT2D eigenvalue weighted by molar-refractivity contribution is 7.80. The van der Waals surface area contributed by atoms with Gasteiger partial charge in [0.05, 0.1) is 0 Å². The molecular formula is C24H30N2O2S2. The van der Waals surface area contributed by atoms with E-state index in [1.165, 1.54) is 11.1 Å². The Morgan fingerprint density at radius 1 is 0.867 bits per heavy atom. The van der Waals surface area contributed by atoms with Crippen molar-refractivity contribution in [2.24, 2.45) is 0 Å². The summed E-state index contributed by atoms with van der Waals surface area (Å²) in [6.07, 6.45) is 3.18. The lowest BCUT2D eigenvalue weighted by molar-refractivity contribution is 0.0954. The minimum Gasteiger partial charge on any atom is -0.478 e. The van der Waals surface area contributed by atoms with Crippen LogP contribution in [-0.4, -0.2) is 53.5 Å². The number of carbonyl (C=O) groups is 1. The van der Waals surface area contributed by atoms with Crippen molar-refractivity contribution in [3.8, 4) is 5.75 Å². The zero-order valence-electron chi connectivity index (χ0n) is 17.3. The Morgan fingerprint density at radius 2 is 1.53 bits per heavy atom. The van der Waals surface area contributed by atoms with Crippen LogP contribution in [0, 0.1) is 0 Å². The van der Waals surface area contributed by atoms with Crippen molar-refractivity contribution in [2.45, 2.75) is 32.4 Å². The van der Waals surface area contributed by atoms with Crippen molar-refractivity contribution < 1.29 is 9.53 Å². The third-order valence-corrected chi connectivity index (χ3v) is 6.58. The molecule has 0 saturated carbocycles. The predicted octanol–water partition coefficient (Wildman–Crippen LogP) is 4.07. The number of ether oxygens (including phenoxy) is 1. The summed E-state index contributed by atoms with van der Waals surface area (Å²) in [5.74, 6) is 2.75. The Morgan fingerprint density at radius 3 is 2.30 bits per heavy atom. The fourth-order valence-corrected chi connectivity index (χ4v) is 4.56. The van der Waals surface area contributed by atoms with Crippen molar-refractivity contribution in [1.29, 1.82) is 0 Å². The average molecular weight is 443 g/mol. The number of carbonyl (C=O) groups excluding carboxylic acids is 1. The standard InChI is InChI=1S/C24H30N2O2S2/c27-24(19-4-3-18-7-10-25(8-1-11-29)15-21(18)13-19)20-5-6-23-22(14-20)16-26(17-28-23)9-2-12-30/h3-6,13-14,29-30H,1-2,7-12,15-17H2. The number of ketones is 1. The Balaban J connectivity index is 1.50. The smallest absolute Gasteiger partial charge is 0.193 e. The molecular weight excluding hydrogens is 412 g/mol. The molecule has 6 heteroatoms. The molecule has 0 aliphatic carbocycles. The minimum absolute atomic E-state index is 0.0839. The highest BCUT2D eigenvalue weighted by Crippen LogP contribution is 2.28. The molecule has 0 bridgehead atoms. The van der Waals surface area contributed by atoms with Crippen molar-refractivity contribution in [1.82, 2.24) is 9.80 Å². The molecule has 0 unspecified atom stereocenters. The second-order valence-corrected chi connectivity index (χ2v) is 9.04. The Bertz CT molecular complexity index is 831. The number of hydrogen-bond donors (Lipinski definition) is 2. The summed E-state index contributed by atoms with van der Waals surface area (Å²) in [4.78, 5) is 18.0. The molecule has 4 rings (SSSR count). The third-order valence-electron chi connectivity index (χ3n) is 5.94. The van der Waals surface area contributed by atoms with Crippen molar-refractivity contribution in [2.75, 3.05) is 37.9 Å². The number of thiol groups is 2. The van der Waals surface area contributed by atoms with E-state index in [9.17, 15) is 4.79 Å². The number of fused-ring (bicyclic) bond motifs is 2. The lowest BCUT2D eigenvalue weighted by Gasteiger charge is -2.29. The Kier molecular flexibility index (Phi) is 7.41. The summed E-state index contributed by atoms with van der Waals surface area (Å²) in [6, 6.07) is 12.1. The van der Waals surface area contributed by atoms with E-state index in [-0.39, 0.29) is 5.78 Å². The van der Waals surface area contributed by atoms with Crippen LogP contribution in [0.3, 0.4) is 0 Å². The molecule has 0 radical (unpaired) electrons. The molecule has 4 nitrogen and oxygen atoms in total. The van der Waals surface area contributed by atoms with Gasteiger partial charge in [-0.1, -0.05) is 12.1 Å². The summed E-state index contributed by atoms with van der Waals surface area (Å²) < 4.78 is 5.87. The van der Waals surface area contributed by atoms with Crippen LogP contribution in [0.1, 0.15) is 45.5 Å². The first-order valence-electron chi connectivity index (χ1n) is 10.8. The summed E-state index contributed by atoms with van der Waals surface area (Å²) in [6.45, 7) is 5.44. The lowest BCUT2D eigenvalue weighted by Crippen LogP contribution is -2.33. The molecule has 0 atom stereocenters. The van der Waals surface area contributed by atoms with Gasteiger partial charge in [0.15, 0.2) is 5.78 Å². The minimum atomic E-state index is 0.0839. The number of rotatable bonds is 8. The van der Waals surface area contributed by atoms with Crippen LogP contribution in [0.5, 0.6) is 5.75 Å². The highest BCUT2D eigenvalue weighted by atomic mass is 32.1. The fourth-order valence-electron chi connectivity index (χ4n) is 4.28. The molecule has 30 heavy (non-hydrogen) atoms. The van der Waals surface area contributed by atoms with Crippen molar-refractivity contribution in [3.05, 3.63) is 64.2 Å². The normalized spacial score (nSPS) is 16.6. The van der Waals surface area contributed by atoms with Gasteiger partial charge in [-0.25, -0.2) is 0 Å². The van der Waals surface area contributed by atoms with Gasteiger partial charge in [-0.05, 0) is 72.7 Å². The largest absolute Gasteiger partial charge is 0.478 e. The Labute approximate surface area is 190 Å². The van der Waals surface area contributed by atoms with Gasteiger partial charge in [-0.15, -0.1) is 0 Å². The topological polar surface area (TPSA) is 32.8 Å². The average Bonchev–Trinajstić information content (AvgIpc) is 2.79. The maximum Gasteiger partial charge on any atom is 0.193 e. The van der Waals surface area contributed by atoms with Crippen LogP contribution in [0.2, 0.25) is 0 Å². The maximum absolute atomic E-state index is 13.2. The van der Waals surface area contributed by atoms with Gasteiger partial charge in [-0.2, -0.15) is 25.3 Å². The van der Waals surface area contributed by atoms with Gasteiger partial charge in [-0.3, -0.25) is 14.6 Å². The van der Waals surface area contributed by atoms with E-state index < -0.39 is 0 Å². The van der Waals surface area contributed by atoms with Gasteiger partial charge in [0.2, 0.25) is 0 Å². The SMILES string of the molecule is O=C(c1ccc2c(c1)CN(CCCS)CC2)c1ccc2c(c1)CN(CCCS)CO2. The number of hydrogen-bond acceptors (Lipinski definition) is 6. The van der Waals surface area contributed by atoms with Gasteiger partial charge >= 0.3 is 0 Å². The molecule has 2 heterocycles. The first-order chi connectivity index (χ1) is 14.7. The van der Waals surface area contributed by atoms with E-state index in [0.717, 1.165) is 85.9 Å². The van der Waals surface area contributed by atoms with Crippen molar-refractivity contribution >= 4 is 31.0 Å². The molecule has 0 spiro atoms. The second-order valence-electron chi connectivity index (χ2n) is 8.14. The van der Waals surface area contributed by atoms with Crippen LogP contribution < -0.4 is 4.74 Å². The summed E-state index contributed by atoms with van der Waals surface area (Å²) in [5, 5.41) is 0. The lowest BCUT2D eigenvalue weighted by atomic mass is 9.93. The molecule has 0 N–H and O–H groups in total. The molecule has 0 amide bonds. The molecule has 0 saturated heterocycles. The quantitative estimate of drug-likeness (QED) is 0.477.